The van der Waals surface area contributed by atoms with Gasteiger partial charge >= 0.3 is 0 Å². The van der Waals surface area contributed by atoms with Crippen LogP contribution >= 0.6 is 0 Å². The molecule has 0 aromatic heterocycles. The predicted molar refractivity (Wildman–Crippen MR) is 68.6 cm³/mol. The third kappa shape index (κ3) is 2.61. The van der Waals surface area contributed by atoms with Crippen molar-refractivity contribution in [2.75, 3.05) is 0 Å². The molecule has 0 atom stereocenters. The molecule has 18 heavy (non-hydrogen) atoms. The summed E-state index contributed by atoms with van der Waals surface area (Å²) in [6.07, 6.45) is 1.48. The molecule has 0 spiro atoms. The molecule has 5 heteroatoms. The second-order valence-electron chi connectivity index (χ2n) is 4.67. The van der Waals surface area contributed by atoms with Crippen LogP contribution in [0.4, 0.5) is 0 Å². The van der Waals surface area contributed by atoms with Gasteiger partial charge in [-0.15, -0.1) is 0 Å². The van der Waals surface area contributed by atoms with Crippen LogP contribution in [0.5, 0.6) is 0 Å². The monoisotopic (exact) mass is 266 g/mol. The Bertz CT molecular complexity index is 572. The zero-order chi connectivity index (χ0) is 13.3. The van der Waals surface area contributed by atoms with Crippen LogP contribution in [0.3, 0.4) is 0 Å². The van der Waals surface area contributed by atoms with Crippen molar-refractivity contribution in [2.24, 2.45) is 0 Å². The van der Waals surface area contributed by atoms with Gasteiger partial charge in [0.05, 0.1) is 5.75 Å². The highest BCUT2D eigenvalue weighted by Crippen LogP contribution is 2.30. The molecule has 0 fully saturated rings. The summed E-state index contributed by atoms with van der Waals surface area (Å²) in [7, 11) is -2.42. The van der Waals surface area contributed by atoms with Gasteiger partial charge < -0.3 is 4.74 Å². The molecule has 0 aliphatic carbocycles. The first kappa shape index (κ1) is 12.8. The first-order valence-electron chi connectivity index (χ1n) is 5.55. The fraction of sp³-hybridized carbons (Fsp3) is 0.308. The molecule has 0 radical (unpaired) electrons. The van der Waals surface area contributed by atoms with Crippen LogP contribution in [0, 0.1) is 0 Å². The van der Waals surface area contributed by atoms with E-state index in [1.165, 1.54) is 6.08 Å². The molecule has 0 N–H and O–H groups in total. The van der Waals surface area contributed by atoms with Crippen molar-refractivity contribution in [3.8, 4) is 0 Å². The Morgan fingerprint density at radius 3 is 2.22 bits per heavy atom. The lowest BCUT2D eigenvalue weighted by molar-refractivity contribution is -0.125. The van der Waals surface area contributed by atoms with E-state index in [1.807, 2.05) is 0 Å². The lowest BCUT2D eigenvalue weighted by Crippen LogP contribution is -2.27. The van der Waals surface area contributed by atoms with E-state index in [0.717, 1.165) is 11.1 Å². The van der Waals surface area contributed by atoms with Gasteiger partial charge in [-0.2, -0.15) is 0 Å². The van der Waals surface area contributed by atoms with Gasteiger partial charge in [0, 0.05) is 11.6 Å². The number of carbonyl (C=O) groups is 1. The molecule has 0 amide bonds. The van der Waals surface area contributed by atoms with Crippen molar-refractivity contribution in [3.05, 3.63) is 41.5 Å². The number of hydrogen-bond donors (Lipinski definition) is 1. The fourth-order valence-corrected chi connectivity index (χ4v) is 2.22. The average molecular weight is 266 g/mol. The van der Waals surface area contributed by atoms with Gasteiger partial charge in [0.15, 0.2) is 5.60 Å². The van der Waals surface area contributed by atoms with Crippen LogP contribution in [0.1, 0.15) is 25.0 Å². The van der Waals surface area contributed by atoms with Crippen LogP contribution in [-0.2, 0) is 26.0 Å². The Morgan fingerprint density at radius 1 is 1.17 bits per heavy atom. The summed E-state index contributed by atoms with van der Waals surface area (Å²) in [4.78, 5) is 11.6. The van der Waals surface area contributed by atoms with E-state index >= 15 is 0 Å². The highest BCUT2D eigenvalue weighted by atomic mass is 32.2. The maximum absolute atomic E-state index is 11.6. The molecule has 0 saturated heterocycles. The summed E-state index contributed by atoms with van der Waals surface area (Å²) in [5, 5.41) is 0. The largest absolute Gasteiger partial charge is 0.479 e. The van der Waals surface area contributed by atoms with Crippen molar-refractivity contribution in [1.82, 2.24) is 0 Å². The minimum Gasteiger partial charge on any atom is -0.479 e. The Morgan fingerprint density at radius 2 is 1.78 bits per heavy atom. The zero-order valence-corrected chi connectivity index (χ0v) is 11.1. The summed E-state index contributed by atoms with van der Waals surface area (Å²) in [6.45, 7) is 3.44. The van der Waals surface area contributed by atoms with E-state index < -0.39 is 16.3 Å². The lowest BCUT2D eigenvalue weighted by atomic mass is 10.1. The molecule has 0 unspecified atom stereocenters. The molecule has 4 nitrogen and oxygen atoms in total. The summed E-state index contributed by atoms with van der Waals surface area (Å²) in [6, 6.07) is 6.96. The van der Waals surface area contributed by atoms with Crippen molar-refractivity contribution in [2.45, 2.75) is 25.2 Å². The SMILES string of the molecule is CC1(C)OC(c2ccc(C[SH](=O)=O)cc2)=CC1=O. The first-order chi connectivity index (χ1) is 8.38. The molecule has 1 aliphatic rings. The molecule has 1 aromatic carbocycles. The van der Waals surface area contributed by atoms with Crippen LogP contribution < -0.4 is 0 Å². The molecule has 1 heterocycles. The molecule has 0 saturated carbocycles. The van der Waals surface area contributed by atoms with Gasteiger partial charge in [-0.1, -0.05) is 24.3 Å². The third-order valence-corrected chi connectivity index (χ3v) is 3.39. The molecular formula is C13H14O4S. The highest BCUT2D eigenvalue weighted by molar-refractivity contribution is 7.71. The number of ketones is 1. The van der Waals surface area contributed by atoms with E-state index in [-0.39, 0.29) is 11.5 Å². The minimum atomic E-state index is -2.42. The molecule has 1 aromatic rings. The fourth-order valence-electron chi connectivity index (χ4n) is 1.71. The maximum Gasteiger partial charge on any atom is 0.202 e. The Kier molecular flexibility index (Phi) is 3.26. The molecule has 96 valence electrons. The molecule has 1 aliphatic heterocycles. The second-order valence-corrected chi connectivity index (χ2v) is 5.65. The summed E-state index contributed by atoms with van der Waals surface area (Å²) in [5.74, 6) is 0.493. The van der Waals surface area contributed by atoms with Crippen LogP contribution in [-0.4, -0.2) is 19.8 Å². The van der Waals surface area contributed by atoms with Gasteiger partial charge in [-0.05, 0) is 19.4 Å². The summed E-state index contributed by atoms with van der Waals surface area (Å²) in [5.41, 5.74) is 0.685. The van der Waals surface area contributed by atoms with Gasteiger partial charge in [0.1, 0.15) is 16.5 Å². The Balaban J connectivity index is 2.21. The summed E-state index contributed by atoms with van der Waals surface area (Å²) < 4.78 is 26.7. The predicted octanol–water partition coefficient (Wildman–Crippen LogP) is 1.52. The van der Waals surface area contributed by atoms with Gasteiger partial charge in [0.25, 0.3) is 0 Å². The number of benzene rings is 1. The van der Waals surface area contributed by atoms with Crippen LogP contribution in [0.2, 0.25) is 0 Å². The van der Waals surface area contributed by atoms with Crippen molar-refractivity contribution < 1.29 is 17.9 Å². The topological polar surface area (TPSA) is 60.4 Å². The number of thiol groups is 1. The van der Waals surface area contributed by atoms with Crippen LogP contribution in [0.25, 0.3) is 5.76 Å². The average Bonchev–Trinajstić information content (AvgIpc) is 2.54. The van der Waals surface area contributed by atoms with Crippen molar-refractivity contribution in [3.63, 3.8) is 0 Å². The van der Waals surface area contributed by atoms with E-state index in [0.29, 0.717) is 5.76 Å². The van der Waals surface area contributed by atoms with Gasteiger partial charge in [0.2, 0.25) is 5.78 Å². The van der Waals surface area contributed by atoms with Crippen molar-refractivity contribution in [1.29, 1.82) is 0 Å². The second kappa shape index (κ2) is 4.57. The number of rotatable bonds is 3. The molecular weight excluding hydrogens is 252 g/mol. The quantitative estimate of drug-likeness (QED) is 0.843. The van der Waals surface area contributed by atoms with E-state index in [9.17, 15) is 13.2 Å². The number of ether oxygens (including phenoxy) is 1. The first-order valence-corrected chi connectivity index (χ1v) is 6.91. The van der Waals surface area contributed by atoms with Crippen molar-refractivity contribution >= 4 is 22.2 Å². The zero-order valence-electron chi connectivity index (χ0n) is 10.2. The Labute approximate surface area is 107 Å². The minimum absolute atomic E-state index is 0.0277. The molecule has 0 bridgehead atoms. The van der Waals surface area contributed by atoms with Gasteiger partial charge in [-0.3, -0.25) is 4.79 Å². The van der Waals surface area contributed by atoms with E-state index in [1.54, 1.807) is 38.1 Å². The number of hydrogen-bond acceptors (Lipinski definition) is 4. The normalized spacial score (nSPS) is 17.7. The lowest BCUT2D eigenvalue weighted by Gasteiger charge is -2.18. The van der Waals surface area contributed by atoms with Gasteiger partial charge in [-0.25, -0.2) is 8.42 Å². The Hall–Kier alpha value is -1.62. The number of carbonyl (C=O) groups excluding carboxylic acids is 1. The summed E-state index contributed by atoms with van der Waals surface area (Å²) >= 11 is 0. The standard InChI is InChI=1S/C13H14O4S/c1-13(2)12(14)7-11(17-13)10-5-3-9(4-6-10)8-18(15)16/h3-7,18H,8H2,1-2H3. The highest BCUT2D eigenvalue weighted by Gasteiger charge is 2.35. The van der Waals surface area contributed by atoms with Crippen LogP contribution in [0.15, 0.2) is 30.3 Å². The molecule has 2 rings (SSSR count). The smallest absolute Gasteiger partial charge is 0.202 e. The third-order valence-electron chi connectivity index (χ3n) is 2.77. The maximum atomic E-state index is 11.6. The van der Waals surface area contributed by atoms with E-state index in [4.69, 9.17) is 4.74 Å². The van der Waals surface area contributed by atoms with E-state index in [2.05, 4.69) is 0 Å².